The minimum atomic E-state index is -2.82. The number of hydrogen-bond donors (Lipinski definition) is 2. The smallest absolute Gasteiger partial charge is 0.191 e. The molecular weight excluding hydrogens is 485 g/mol. The van der Waals surface area contributed by atoms with Crippen molar-refractivity contribution in [1.82, 2.24) is 10.6 Å². The molecule has 1 saturated heterocycles. The van der Waals surface area contributed by atoms with Crippen LogP contribution in [0.1, 0.15) is 77.0 Å². The van der Waals surface area contributed by atoms with Gasteiger partial charge in [0, 0.05) is 18.6 Å². The Morgan fingerprint density at radius 2 is 1.50 bits per heavy atom. The third-order valence-electron chi connectivity index (χ3n) is 7.41. The number of halogens is 1. The zero-order chi connectivity index (χ0) is 18.7. The number of nitrogens with one attached hydrogen (secondary N) is 2. The van der Waals surface area contributed by atoms with Crippen LogP contribution in [0.4, 0.5) is 0 Å². The van der Waals surface area contributed by atoms with E-state index in [9.17, 15) is 8.42 Å². The minimum Gasteiger partial charge on any atom is -0.354 e. The van der Waals surface area contributed by atoms with Crippen molar-refractivity contribution in [2.75, 3.05) is 18.1 Å². The lowest BCUT2D eigenvalue weighted by molar-refractivity contribution is 0.150. The van der Waals surface area contributed by atoms with Crippen molar-refractivity contribution in [1.29, 1.82) is 0 Å². The summed E-state index contributed by atoms with van der Waals surface area (Å²) in [5.74, 6) is 3.68. The van der Waals surface area contributed by atoms with Gasteiger partial charge in [0.05, 0.1) is 11.5 Å². The summed E-state index contributed by atoms with van der Waals surface area (Å²) < 4.78 is 23.5. The average molecular weight is 524 g/mol. The van der Waals surface area contributed by atoms with Crippen LogP contribution in [0.2, 0.25) is 0 Å². The summed E-state index contributed by atoms with van der Waals surface area (Å²) in [7, 11) is -2.82. The lowest BCUT2D eigenvalue weighted by Crippen LogP contribution is -2.49. The van der Waals surface area contributed by atoms with Crippen LogP contribution in [0.15, 0.2) is 4.99 Å². The maximum Gasteiger partial charge on any atom is 0.191 e. The minimum absolute atomic E-state index is 0. The summed E-state index contributed by atoms with van der Waals surface area (Å²) in [6, 6.07) is 1.07. The molecule has 4 aliphatic rings. The van der Waals surface area contributed by atoms with Gasteiger partial charge >= 0.3 is 0 Å². The van der Waals surface area contributed by atoms with Crippen LogP contribution in [-0.2, 0) is 9.84 Å². The van der Waals surface area contributed by atoms with E-state index in [1.54, 1.807) is 0 Å². The van der Waals surface area contributed by atoms with Crippen molar-refractivity contribution in [3.05, 3.63) is 0 Å². The van der Waals surface area contributed by atoms with Gasteiger partial charge in [0.25, 0.3) is 0 Å². The van der Waals surface area contributed by atoms with Crippen LogP contribution < -0.4 is 10.6 Å². The van der Waals surface area contributed by atoms with Crippen molar-refractivity contribution in [3.63, 3.8) is 0 Å². The summed E-state index contributed by atoms with van der Waals surface area (Å²) in [5.41, 5.74) is 0. The number of guanidine groups is 1. The number of sulfone groups is 1. The Hall–Kier alpha value is -0.0500. The predicted molar refractivity (Wildman–Crippen MR) is 126 cm³/mol. The van der Waals surface area contributed by atoms with E-state index in [0.29, 0.717) is 30.1 Å². The number of aliphatic imine (C=N–C) groups is 1. The first-order valence-corrected chi connectivity index (χ1v) is 13.2. The van der Waals surface area contributed by atoms with Gasteiger partial charge in [-0.2, -0.15) is 0 Å². The van der Waals surface area contributed by atoms with E-state index >= 15 is 0 Å². The molecule has 0 spiro atoms. The molecule has 0 amide bonds. The molecule has 162 valence electrons. The Balaban J connectivity index is 0.00000225. The highest BCUT2D eigenvalue weighted by atomic mass is 127. The molecule has 3 aliphatic carbocycles. The van der Waals surface area contributed by atoms with Crippen molar-refractivity contribution in [2.24, 2.45) is 22.7 Å². The number of hydrogen-bond acceptors (Lipinski definition) is 3. The molecule has 0 aromatic heterocycles. The van der Waals surface area contributed by atoms with Gasteiger partial charge in [-0.15, -0.1) is 24.0 Å². The van der Waals surface area contributed by atoms with Crippen molar-refractivity contribution >= 4 is 39.8 Å². The molecule has 2 N–H and O–H groups in total. The standard InChI is InChI=1S/C21H37N3O2S.HI/c25-27(26)12-11-16(15-27)14-22-21(23-19-7-3-4-8-19)24-20-10-9-17-5-1-2-6-18(17)13-20;/h16-20H,1-15H2,(H2,22,23,24);1H. The normalized spacial score (nSPS) is 35.8. The maximum absolute atomic E-state index is 11.7. The first-order valence-electron chi connectivity index (χ1n) is 11.4. The molecule has 0 aromatic carbocycles. The molecular formula is C21H38IN3O2S. The molecule has 1 heterocycles. The van der Waals surface area contributed by atoms with Gasteiger partial charge in [-0.25, -0.2) is 8.42 Å². The first-order chi connectivity index (χ1) is 13.1. The second-order valence-electron chi connectivity index (χ2n) is 9.54. The molecule has 1 aliphatic heterocycles. The number of nitrogens with zero attached hydrogens (tertiary/aromatic N) is 1. The summed E-state index contributed by atoms with van der Waals surface area (Å²) in [5, 5.41) is 7.42. The molecule has 4 atom stereocenters. The van der Waals surface area contributed by atoms with Gasteiger partial charge in [-0.1, -0.05) is 38.5 Å². The molecule has 28 heavy (non-hydrogen) atoms. The second kappa shape index (κ2) is 10.3. The quantitative estimate of drug-likeness (QED) is 0.334. The van der Waals surface area contributed by atoms with E-state index < -0.39 is 9.84 Å². The molecule has 4 rings (SSSR count). The largest absolute Gasteiger partial charge is 0.354 e. The molecule has 4 fully saturated rings. The topological polar surface area (TPSA) is 70.6 Å². The maximum atomic E-state index is 11.7. The fraction of sp³-hybridized carbons (Fsp3) is 0.952. The zero-order valence-corrected chi connectivity index (χ0v) is 20.2. The van der Waals surface area contributed by atoms with Gasteiger partial charge in [-0.3, -0.25) is 4.99 Å². The molecule has 0 bridgehead atoms. The van der Waals surface area contributed by atoms with Crippen LogP contribution >= 0.6 is 24.0 Å². The van der Waals surface area contributed by atoms with E-state index in [-0.39, 0.29) is 29.9 Å². The fourth-order valence-corrected chi connectivity index (χ4v) is 7.68. The average Bonchev–Trinajstić information content (AvgIpc) is 3.28. The van der Waals surface area contributed by atoms with Gasteiger partial charge in [0.1, 0.15) is 0 Å². The van der Waals surface area contributed by atoms with Crippen molar-refractivity contribution in [2.45, 2.75) is 89.1 Å². The third-order valence-corrected chi connectivity index (χ3v) is 9.25. The summed E-state index contributed by atoms with van der Waals surface area (Å²) >= 11 is 0. The first kappa shape index (κ1) is 22.6. The van der Waals surface area contributed by atoms with E-state index in [1.165, 1.54) is 70.6 Å². The van der Waals surface area contributed by atoms with Gasteiger partial charge in [0.15, 0.2) is 15.8 Å². The lowest BCUT2D eigenvalue weighted by Gasteiger charge is -2.40. The van der Waals surface area contributed by atoms with E-state index in [0.717, 1.165) is 24.2 Å². The lowest BCUT2D eigenvalue weighted by atomic mass is 9.69. The Morgan fingerprint density at radius 1 is 0.821 bits per heavy atom. The Bertz CT molecular complexity index is 634. The Morgan fingerprint density at radius 3 is 2.21 bits per heavy atom. The highest BCUT2D eigenvalue weighted by Crippen LogP contribution is 2.40. The Kier molecular flexibility index (Phi) is 8.34. The Labute approximate surface area is 188 Å². The molecule has 0 aromatic rings. The predicted octanol–water partition coefficient (Wildman–Crippen LogP) is 3.88. The number of fused-ring (bicyclic) bond motifs is 1. The van der Waals surface area contributed by atoms with Crippen LogP contribution in [0.5, 0.6) is 0 Å². The van der Waals surface area contributed by atoms with Crippen LogP contribution in [0, 0.1) is 17.8 Å². The van der Waals surface area contributed by atoms with E-state index in [4.69, 9.17) is 4.99 Å². The summed E-state index contributed by atoms with van der Waals surface area (Å²) in [6.07, 6.45) is 15.4. The molecule has 0 radical (unpaired) electrons. The van der Waals surface area contributed by atoms with Crippen LogP contribution in [0.3, 0.4) is 0 Å². The molecule has 3 saturated carbocycles. The highest BCUT2D eigenvalue weighted by molar-refractivity contribution is 14.0. The summed E-state index contributed by atoms with van der Waals surface area (Å²) in [6.45, 7) is 0.639. The molecule has 4 unspecified atom stereocenters. The van der Waals surface area contributed by atoms with E-state index in [2.05, 4.69) is 10.6 Å². The van der Waals surface area contributed by atoms with Crippen LogP contribution in [0.25, 0.3) is 0 Å². The van der Waals surface area contributed by atoms with Crippen LogP contribution in [-0.4, -0.2) is 44.5 Å². The fourth-order valence-electron chi connectivity index (χ4n) is 5.83. The van der Waals surface area contributed by atoms with Crippen molar-refractivity contribution in [3.8, 4) is 0 Å². The number of rotatable bonds is 4. The highest BCUT2D eigenvalue weighted by Gasteiger charge is 2.33. The monoisotopic (exact) mass is 523 g/mol. The van der Waals surface area contributed by atoms with Crippen molar-refractivity contribution < 1.29 is 8.42 Å². The SMILES string of the molecule is I.O=S1(=O)CCC(CN=C(NC2CCCC2)NC2CCC3CCCCC3C2)C1. The second-order valence-corrected chi connectivity index (χ2v) is 11.8. The molecule has 7 heteroatoms. The molecule has 5 nitrogen and oxygen atoms in total. The zero-order valence-electron chi connectivity index (χ0n) is 17.1. The van der Waals surface area contributed by atoms with Gasteiger partial charge in [0.2, 0.25) is 0 Å². The third kappa shape index (κ3) is 6.22. The van der Waals surface area contributed by atoms with Gasteiger partial charge in [-0.05, 0) is 56.3 Å². The van der Waals surface area contributed by atoms with Gasteiger partial charge < -0.3 is 10.6 Å². The summed E-state index contributed by atoms with van der Waals surface area (Å²) in [4.78, 5) is 4.86. The van der Waals surface area contributed by atoms with E-state index in [1.807, 2.05) is 0 Å².